The topological polar surface area (TPSA) is 61.6 Å². The van der Waals surface area contributed by atoms with E-state index in [0.717, 1.165) is 74.0 Å². The summed E-state index contributed by atoms with van der Waals surface area (Å²) in [6, 6.07) is 8.05. The van der Waals surface area contributed by atoms with E-state index in [-0.39, 0.29) is 0 Å². The standard InChI is InChI=1S/C20H28ClN7/c1-2-22-20(23-15-19-25-24-18-9-5-6-10-28(18)19)27-13-11-26(12-14-27)17-8-4-3-7-16(17)21/h3-4,7-8H,2,5-6,9-15H2,1H3,(H,22,23). The number of anilines is 1. The highest BCUT2D eigenvalue weighted by atomic mass is 35.5. The van der Waals surface area contributed by atoms with Crippen molar-refractivity contribution in [2.24, 2.45) is 4.99 Å². The number of hydrogen-bond acceptors (Lipinski definition) is 4. The minimum atomic E-state index is 0.570. The van der Waals surface area contributed by atoms with Gasteiger partial charge in [-0.25, -0.2) is 4.99 Å². The van der Waals surface area contributed by atoms with Gasteiger partial charge in [-0.05, 0) is 31.9 Å². The molecule has 1 saturated heterocycles. The molecule has 150 valence electrons. The largest absolute Gasteiger partial charge is 0.367 e. The lowest BCUT2D eigenvalue weighted by Crippen LogP contribution is -2.52. The number of para-hydroxylation sites is 1. The lowest BCUT2D eigenvalue weighted by atomic mass is 10.2. The maximum absolute atomic E-state index is 6.36. The molecular weight excluding hydrogens is 374 g/mol. The second kappa shape index (κ2) is 8.82. The summed E-state index contributed by atoms with van der Waals surface area (Å²) in [6.07, 6.45) is 3.44. The molecule has 0 aliphatic carbocycles. The predicted molar refractivity (Wildman–Crippen MR) is 113 cm³/mol. The van der Waals surface area contributed by atoms with Gasteiger partial charge in [0.1, 0.15) is 12.4 Å². The summed E-state index contributed by atoms with van der Waals surface area (Å²) in [5.41, 5.74) is 1.11. The van der Waals surface area contributed by atoms with Gasteiger partial charge in [0, 0.05) is 45.7 Å². The Bertz CT molecular complexity index is 824. The maximum atomic E-state index is 6.36. The minimum absolute atomic E-state index is 0.570. The van der Waals surface area contributed by atoms with Crippen LogP contribution >= 0.6 is 11.6 Å². The first kappa shape index (κ1) is 19.1. The fourth-order valence-electron chi connectivity index (χ4n) is 3.92. The molecule has 4 rings (SSSR count). The Balaban J connectivity index is 1.42. The zero-order valence-corrected chi connectivity index (χ0v) is 17.2. The number of guanidine groups is 1. The number of fused-ring (bicyclic) bond motifs is 1. The number of benzene rings is 1. The number of piperazine rings is 1. The molecule has 1 fully saturated rings. The predicted octanol–water partition coefficient (Wildman–Crippen LogP) is 2.56. The summed E-state index contributed by atoms with van der Waals surface area (Å²) in [7, 11) is 0. The second-order valence-electron chi connectivity index (χ2n) is 7.24. The summed E-state index contributed by atoms with van der Waals surface area (Å²) < 4.78 is 2.24. The summed E-state index contributed by atoms with van der Waals surface area (Å²) in [6.45, 7) is 8.21. The van der Waals surface area contributed by atoms with Crippen LogP contribution in [0.3, 0.4) is 0 Å². The van der Waals surface area contributed by atoms with Crippen LogP contribution < -0.4 is 10.2 Å². The quantitative estimate of drug-likeness (QED) is 0.630. The molecule has 0 saturated carbocycles. The molecule has 2 aliphatic heterocycles. The Hall–Kier alpha value is -2.28. The SMILES string of the molecule is CCNC(=NCc1nnc2n1CCCC2)N1CCN(c2ccccc2Cl)CC1. The van der Waals surface area contributed by atoms with Gasteiger partial charge >= 0.3 is 0 Å². The Labute approximate surface area is 171 Å². The van der Waals surface area contributed by atoms with Crippen molar-refractivity contribution < 1.29 is 0 Å². The zero-order valence-electron chi connectivity index (χ0n) is 16.4. The van der Waals surface area contributed by atoms with Crippen LogP contribution in [0, 0.1) is 0 Å². The van der Waals surface area contributed by atoms with Gasteiger partial charge in [-0.1, -0.05) is 23.7 Å². The highest BCUT2D eigenvalue weighted by Gasteiger charge is 2.21. The lowest BCUT2D eigenvalue weighted by molar-refractivity contribution is 0.372. The maximum Gasteiger partial charge on any atom is 0.194 e. The summed E-state index contributed by atoms with van der Waals surface area (Å²) in [5.74, 6) is 3.03. The van der Waals surface area contributed by atoms with E-state index in [2.05, 4.69) is 42.9 Å². The van der Waals surface area contributed by atoms with Crippen molar-refractivity contribution in [1.29, 1.82) is 0 Å². The monoisotopic (exact) mass is 401 g/mol. The van der Waals surface area contributed by atoms with Crippen LogP contribution in [0.5, 0.6) is 0 Å². The van der Waals surface area contributed by atoms with Gasteiger partial charge < -0.3 is 19.7 Å². The first-order valence-electron chi connectivity index (χ1n) is 10.2. The van der Waals surface area contributed by atoms with Crippen LogP contribution in [0.25, 0.3) is 0 Å². The van der Waals surface area contributed by atoms with Gasteiger partial charge in [0.2, 0.25) is 0 Å². The summed E-state index contributed by atoms with van der Waals surface area (Å²) >= 11 is 6.36. The van der Waals surface area contributed by atoms with Crippen molar-refractivity contribution in [1.82, 2.24) is 25.0 Å². The molecular formula is C20H28ClN7. The molecule has 2 aromatic rings. The molecule has 8 heteroatoms. The summed E-state index contributed by atoms with van der Waals surface area (Å²) in [5, 5.41) is 13.0. The van der Waals surface area contributed by atoms with Crippen LogP contribution in [0.4, 0.5) is 5.69 Å². The van der Waals surface area contributed by atoms with Crippen molar-refractivity contribution in [2.75, 3.05) is 37.6 Å². The molecule has 7 nitrogen and oxygen atoms in total. The van der Waals surface area contributed by atoms with Crippen LogP contribution in [0.1, 0.15) is 31.4 Å². The fourth-order valence-corrected chi connectivity index (χ4v) is 4.18. The van der Waals surface area contributed by atoms with E-state index in [1.807, 2.05) is 18.2 Å². The number of nitrogens with one attached hydrogen (secondary N) is 1. The Morgan fingerprint density at radius 2 is 1.93 bits per heavy atom. The minimum Gasteiger partial charge on any atom is -0.367 e. The molecule has 1 N–H and O–H groups in total. The van der Waals surface area contributed by atoms with Crippen LogP contribution in [-0.4, -0.2) is 58.3 Å². The van der Waals surface area contributed by atoms with E-state index in [4.69, 9.17) is 16.6 Å². The molecule has 0 spiro atoms. The third kappa shape index (κ3) is 4.09. The number of hydrogen-bond donors (Lipinski definition) is 1. The molecule has 0 unspecified atom stereocenters. The molecule has 0 bridgehead atoms. The van der Waals surface area contributed by atoms with Crippen molar-refractivity contribution >= 4 is 23.2 Å². The molecule has 1 aromatic carbocycles. The van der Waals surface area contributed by atoms with Gasteiger partial charge in [0.15, 0.2) is 11.8 Å². The van der Waals surface area contributed by atoms with Crippen LogP contribution in [-0.2, 0) is 19.5 Å². The Morgan fingerprint density at radius 3 is 2.71 bits per heavy atom. The molecule has 0 amide bonds. The average molecular weight is 402 g/mol. The van der Waals surface area contributed by atoms with Gasteiger partial charge in [0.25, 0.3) is 0 Å². The van der Waals surface area contributed by atoms with Crippen LogP contribution in [0.2, 0.25) is 5.02 Å². The van der Waals surface area contributed by atoms with Gasteiger partial charge in [0.05, 0.1) is 10.7 Å². The number of aromatic nitrogens is 3. The highest BCUT2D eigenvalue weighted by molar-refractivity contribution is 6.33. The molecule has 28 heavy (non-hydrogen) atoms. The fraction of sp³-hybridized carbons (Fsp3) is 0.550. The normalized spacial score (nSPS) is 17.6. The first-order valence-corrected chi connectivity index (χ1v) is 10.6. The van der Waals surface area contributed by atoms with Crippen molar-refractivity contribution in [3.8, 4) is 0 Å². The number of halogens is 1. The van der Waals surface area contributed by atoms with E-state index in [1.165, 1.54) is 12.8 Å². The molecule has 2 aliphatic rings. The average Bonchev–Trinajstić information content (AvgIpc) is 3.15. The van der Waals surface area contributed by atoms with Crippen molar-refractivity contribution in [2.45, 2.75) is 39.3 Å². The van der Waals surface area contributed by atoms with Gasteiger partial charge in [-0.3, -0.25) is 0 Å². The number of aryl methyl sites for hydroxylation is 1. The lowest BCUT2D eigenvalue weighted by Gasteiger charge is -2.38. The Kier molecular flexibility index (Phi) is 6.00. The van der Waals surface area contributed by atoms with Crippen LogP contribution in [0.15, 0.2) is 29.3 Å². The van der Waals surface area contributed by atoms with E-state index in [0.29, 0.717) is 6.54 Å². The smallest absolute Gasteiger partial charge is 0.194 e. The van der Waals surface area contributed by atoms with Crippen molar-refractivity contribution in [3.05, 3.63) is 40.9 Å². The highest BCUT2D eigenvalue weighted by Crippen LogP contribution is 2.26. The van der Waals surface area contributed by atoms with E-state index >= 15 is 0 Å². The molecule has 0 atom stereocenters. The van der Waals surface area contributed by atoms with E-state index < -0.39 is 0 Å². The van der Waals surface area contributed by atoms with E-state index in [1.54, 1.807) is 0 Å². The van der Waals surface area contributed by atoms with Gasteiger partial charge in [-0.15, -0.1) is 10.2 Å². The molecule has 1 aromatic heterocycles. The van der Waals surface area contributed by atoms with Gasteiger partial charge in [-0.2, -0.15) is 0 Å². The third-order valence-corrected chi connectivity index (χ3v) is 5.73. The third-order valence-electron chi connectivity index (χ3n) is 5.41. The number of aliphatic imine (C=N–C) groups is 1. The number of nitrogens with zero attached hydrogens (tertiary/aromatic N) is 6. The number of rotatable bonds is 4. The Morgan fingerprint density at radius 1 is 1.11 bits per heavy atom. The first-order chi connectivity index (χ1) is 13.8. The van der Waals surface area contributed by atoms with Crippen molar-refractivity contribution in [3.63, 3.8) is 0 Å². The summed E-state index contributed by atoms with van der Waals surface area (Å²) in [4.78, 5) is 9.53. The zero-order chi connectivity index (χ0) is 19.3. The molecule has 0 radical (unpaired) electrons. The van der Waals surface area contributed by atoms with E-state index in [9.17, 15) is 0 Å². The molecule has 3 heterocycles. The second-order valence-corrected chi connectivity index (χ2v) is 7.64.